The second-order valence-electron chi connectivity index (χ2n) is 3.66. The molecule has 0 spiro atoms. The average molecular weight is 233 g/mol. The standard InChI is InChI=1S/C13H13ClN2/c1-10-6-7-11(15-8-10)9-16-13-5-3-2-4-12(13)14/h2-8,16H,9H2,1H3. The van der Waals surface area contributed by atoms with Crippen molar-refractivity contribution in [2.45, 2.75) is 13.5 Å². The zero-order chi connectivity index (χ0) is 11.4. The second kappa shape index (κ2) is 4.99. The Morgan fingerprint density at radius 2 is 2.00 bits per heavy atom. The molecule has 0 saturated carbocycles. The van der Waals surface area contributed by atoms with Crippen LogP contribution in [0.1, 0.15) is 11.3 Å². The Morgan fingerprint density at radius 1 is 1.19 bits per heavy atom. The van der Waals surface area contributed by atoms with Gasteiger partial charge in [0.1, 0.15) is 0 Å². The van der Waals surface area contributed by atoms with Crippen molar-refractivity contribution in [2.24, 2.45) is 0 Å². The third-order valence-corrected chi connectivity index (χ3v) is 2.64. The smallest absolute Gasteiger partial charge is 0.0637 e. The number of benzene rings is 1. The van der Waals surface area contributed by atoms with Crippen LogP contribution in [-0.4, -0.2) is 4.98 Å². The Hall–Kier alpha value is -1.54. The van der Waals surface area contributed by atoms with E-state index in [1.165, 1.54) is 5.56 Å². The molecule has 1 aromatic heterocycles. The van der Waals surface area contributed by atoms with E-state index in [-0.39, 0.29) is 0 Å². The van der Waals surface area contributed by atoms with E-state index in [0.717, 1.165) is 16.4 Å². The maximum atomic E-state index is 6.03. The van der Waals surface area contributed by atoms with E-state index in [4.69, 9.17) is 11.6 Å². The van der Waals surface area contributed by atoms with Gasteiger partial charge in [0.2, 0.25) is 0 Å². The highest BCUT2D eigenvalue weighted by atomic mass is 35.5. The lowest BCUT2D eigenvalue weighted by Crippen LogP contribution is -2.01. The van der Waals surface area contributed by atoms with Crippen LogP contribution in [-0.2, 0) is 6.54 Å². The van der Waals surface area contributed by atoms with Crippen molar-refractivity contribution in [3.8, 4) is 0 Å². The van der Waals surface area contributed by atoms with E-state index in [1.54, 1.807) is 0 Å². The largest absolute Gasteiger partial charge is 0.378 e. The number of anilines is 1. The molecular weight excluding hydrogens is 220 g/mol. The number of hydrogen-bond acceptors (Lipinski definition) is 2. The first-order valence-electron chi connectivity index (χ1n) is 5.15. The van der Waals surface area contributed by atoms with E-state index >= 15 is 0 Å². The minimum atomic E-state index is 0.685. The Bertz CT molecular complexity index is 466. The second-order valence-corrected chi connectivity index (χ2v) is 4.07. The molecule has 0 atom stereocenters. The summed E-state index contributed by atoms with van der Waals surface area (Å²) in [4.78, 5) is 4.32. The molecule has 0 bridgehead atoms. The maximum Gasteiger partial charge on any atom is 0.0637 e. The highest BCUT2D eigenvalue weighted by Gasteiger charge is 1.98. The monoisotopic (exact) mass is 232 g/mol. The van der Waals surface area contributed by atoms with Gasteiger partial charge in [-0.25, -0.2) is 0 Å². The summed E-state index contributed by atoms with van der Waals surface area (Å²) in [6, 6.07) is 11.8. The first-order valence-corrected chi connectivity index (χ1v) is 5.53. The van der Waals surface area contributed by atoms with E-state index < -0.39 is 0 Å². The van der Waals surface area contributed by atoms with Crippen molar-refractivity contribution >= 4 is 17.3 Å². The van der Waals surface area contributed by atoms with Crippen LogP contribution in [0.4, 0.5) is 5.69 Å². The van der Waals surface area contributed by atoms with Crippen LogP contribution < -0.4 is 5.32 Å². The average Bonchev–Trinajstić information content (AvgIpc) is 2.30. The molecule has 0 aliphatic carbocycles. The molecule has 2 rings (SSSR count). The molecule has 3 heteroatoms. The molecule has 0 saturated heterocycles. The number of nitrogens with zero attached hydrogens (tertiary/aromatic N) is 1. The van der Waals surface area contributed by atoms with Gasteiger partial charge in [-0.3, -0.25) is 4.98 Å². The molecule has 0 aliphatic rings. The minimum Gasteiger partial charge on any atom is -0.378 e. The lowest BCUT2D eigenvalue weighted by atomic mass is 10.2. The first kappa shape index (κ1) is 11.0. The van der Waals surface area contributed by atoms with Crippen LogP contribution in [0.25, 0.3) is 0 Å². The third-order valence-electron chi connectivity index (χ3n) is 2.31. The summed E-state index contributed by atoms with van der Waals surface area (Å²) >= 11 is 6.03. The van der Waals surface area contributed by atoms with Gasteiger partial charge in [-0.15, -0.1) is 0 Å². The summed E-state index contributed by atoms with van der Waals surface area (Å²) in [7, 11) is 0. The molecule has 1 heterocycles. The molecule has 82 valence electrons. The number of pyridine rings is 1. The van der Waals surface area contributed by atoms with Gasteiger partial charge in [0.05, 0.1) is 22.9 Å². The van der Waals surface area contributed by atoms with Gasteiger partial charge < -0.3 is 5.32 Å². The minimum absolute atomic E-state index is 0.685. The van der Waals surface area contributed by atoms with E-state index in [1.807, 2.05) is 43.5 Å². The number of hydrogen-bond donors (Lipinski definition) is 1. The van der Waals surface area contributed by atoms with Crippen molar-refractivity contribution in [1.82, 2.24) is 4.98 Å². The van der Waals surface area contributed by atoms with Crippen molar-refractivity contribution in [1.29, 1.82) is 0 Å². The number of rotatable bonds is 3. The quantitative estimate of drug-likeness (QED) is 0.874. The van der Waals surface area contributed by atoms with Crippen LogP contribution in [0.2, 0.25) is 5.02 Å². The summed E-state index contributed by atoms with van der Waals surface area (Å²) in [5.74, 6) is 0. The van der Waals surface area contributed by atoms with Crippen LogP contribution in [0.15, 0.2) is 42.6 Å². The Balaban J connectivity index is 2.02. The Kier molecular flexibility index (Phi) is 3.42. The summed E-state index contributed by atoms with van der Waals surface area (Å²) in [6.07, 6.45) is 1.86. The molecular formula is C13H13ClN2. The molecule has 0 unspecified atom stereocenters. The summed E-state index contributed by atoms with van der Waals surface area (Å²) < 4.78 is 0. The van der Waals surface area contributed by atoms with Gasteiger partial charge in [0.15, 0.2) is 0 Å². The Labute approximate surface area is 100 Å². The van der Waals surface area contributed by atoms with Crippen molar-refractivity contribution in [3.05, 3.63) is 58.9 Å². The number of para-hydroxylation sites is 1. The molecule has 1 aromatic carbocycles. The van der Waals surface area contributed by atoms with Crippen LogP contribution in [0, 0.1) is 6.92 Å². The van der Waals surface area contributed by atoms with Gasteiger partial charge in [-0.1, -0.05) is 29.8 Å². The molecule has 16 heavy (non-hydrogen) atoms. The maximum absolute atomic E-state index is 6.03. The van der Waals surface area contributed by atoms with Gasteiger partial charge in [-0.05, 0) is 30.7 Å². The molecule has 2 nitrogen and oxygen atoms in total. The molecule has 0 amide bonds. The van der Waals surface area contributed by atoms with E-state index in [2.05, 4.69) is 16.4 Å². The molecule has 0 fully saturated rings. The molecule has 0 aliphatic heterocycles. The van der Waals surface area contributed by atoms with Crippen molar-refractivity contribution < 1.29 is 0 Å². The number of aromatic nitrogens is 1. The zero-order valence-electron chi connectivity index (χ0n) is 9.07. The van der Waals surface area contributed by atoms with E-state index in [0.29, 0.717) is 6.54 Å². The van der Waals surface area contributed by atoms with Crippen LogP contribution in [0.3, 0.4) is 0 Å². The predicted octanol–water partition coefficient (Wildman–Crippen LogP) is 3.66. The lowest BCUT2D eigenvalue weighted by Gasteiger charge is -2.07. The fourth-order valence-corrected chi connectivity index (χ4v) is 1.60. The SMILES string of the molecule is Cc1ccc(CNc2ccccc2Cl)nc1. The van der Waals surface area contributed by atoms with Gasteiger partial charge >= 0.3 is 0 Å². The molecule has 0 radical (unpaired) electrons. The predicted molar refractivity (Wildman–Crippen MR) is 67.8 cm³/mol. The highest BCUT2D eigenvalue weighted by molar-refractivity contribution is 6.33. The molecule has 1 N–H and O–H groups in total. The van der Waals surface area contributed by atoms with Gasteiger partial charge in [0.25, 0.3) is 0 Å². The number of halogens is 1. The van der Waals surface area contributed by atoms with Gasteiger partial charge in [0, 0.05) is 6.20 Å². The van der Waals surface area contributed by atoms with E-state index in [9.17, 15) is 0 Å². The first-order chi connectivity index (χ1) is 7.75. The summed E-state index contributed by atoms with van der Waals surface area (Å²) in [5, 5.41) is 3.99. The van der Waals surface area contributed by atoms with Gasteiger partial charge in [-0.2, -0.15) is 0 Å². The third kappa shape index (κ3) is 2.74. The topological polar surface area (TPSA) is 24.9 Å². The van der Waals surface area contributed by atoms with Crippen molar-refractivity contribution in [2.75, 3.05) is 5.32 Å². The zero-order valence-corrected chi connectivity index (χ0v) is 9.83. The normalized spacial score (nSPS) is 10.1. The molecule has 2 aromatic rings. The van der Waals surface area contributed by atoms with Crippen LogP contribution in [0.5, 0.6) is 0 Å². The fraction of sp³-hybridized carbons (Fsp3) is 0.154. The number of aryl methyl sites for hydroxylation is 1. The summed E-state index contributed by atoms with van der Waals surface area (Å²) in [5.41, 5.74) is 3.11. The lowest BCUT2D eigenvalue weighted by molar-refractivity contribution is 1.04. The number of nitrogens with one attached hydrogen (secondary N) is 1. The highest BCUT2D eigenvalue weighted by Crippen LogP contribution is 2.20. The fourth-order valence-electron chi connectivity index (χ4n) is 1.39. The van der Waals surface area contributed by atoms with Crippen LogP contribution >= 0.6 is 11.6 Å². The Morgan fingerprint density at radius 3 is 2.69 bits per heavy atom. The summed E-state index contributed by atoms with van der Waals surface area (Å²) in [6.45, 7) is 2.71. The van der Waals surface area contributed by atoms with Crippen molar-refractivity contribution in [3.63, 3.8) is 0 Å².